The number of nitriles is 1. The van der Waals surface area contributed by atoms with Crippen molar-refractivity contribution in [2.45, 2.75) is 31.0 Å². The van der Waals surface area contributed by atoms with E-state index >= 15 is 0 Å². The first kappa shape index (κ1) is 12.1. The maximum Gasteiger partial charge on any atom is 0.0994 e. The molecule has 0 spiro atoms. The molecule has 80 valence electrons. The smallest absolute Gasteiger partial charge is 0.0994 e. The van der Waals surface area contributed by atoms with E-state index in [2.05, 4.69) is 6.07 Å². The Morgan fingerprint density at radius 1 is 1.40 bits per heavy atom. The standard InChI is InChI=1S/C12H15NOS/c1-9(14)10(2)15-8-12-6-4-3-5-11(12)7-13/h3-6,9-10,14H,8H2,1-2H3/t9-,10-/m1/s1. The average Bonchev–Trinajstić information content (AvgIpc) is 2.26. The molecule has 2 nitrogen and oxygen atoms in total. The number of nitrogens with zero attached hydrogens (tertiary/aromatic N) is 1. The molecule has 1 aromatic carbocycles. The zero-order valence-electron chi connectivity index (χ0n) is 8.97. The number of thioether (sulfide) groups is 1. The summed E-state index contributed by atoms with van der Waals surface area (Å²) in [6.45, 7) is 3.78. The van der Waals surface area contributed by atoms with Crippen molar-refractivity contribution >= 4 is 11.8 Å². The Balaban J connectivity index is 2.62. The Morgan fingerprint density at radius 2 is 2.07 bits per heavy atom. The van der Waals surface area contributed by atoms with Gasteiger partial charge in [-0.1, -0.05) is 25.1 Å². The fraction of sp³-hybridized carbons (Fsp3) is 0.417. The van der Waals surface area contributed by atoms with Crippen molar-refractivity contribution in [2.24, 2.45) is 0 Å². The number of aliphatic hydroxyl groups is 1. The molecule has 1 rings (SSSR count). The Bertz CT molecular complexity index is 357. The molecule has 0 radical (unpaired) electrons. The van der Waals surface area contributed by atoms with Gasteiger partial charge in [0.2, 0.25) is 0 Å². The maximum absolute atomic E-state index is 9.34. The lowest BCUT2D eigenvalue weighted by Gasteiger charge is -2.14. The Labute approximate surface area is 94.9 Å². The zero-order chi connectivity index (χ0) is 11.3. The van der Waals surface area contributed by atoms with Crippen LogP contribution in [-0.4, -0.2) is 16.5 Å². The lowest BCUT2D eigenvalue weighted by atomic mass is 10.1. The molecule has 0 fully saturated rings. The van der Waals surface area contributed by atoms with Crippen LogP contribution in [0.1, 0.15) is 25.0 Å². The molecule has 0 saturated carbocycles. The van der Waals surface area contributed by atoms with E-state index in [-0.39, 0.29) is 11.4 Å². The van der Waals surface area contributed by atoms with Crippen LogP contribution in [0.15, 0.2) is 24.3 Å². The molecule has 0 aliphatic rings. The minimum atomic E-state index is -0.316. The molecule has 0 unspecified atom stereocenters. The fourth-order valence-electron chi connectivity index (χ4n) is 1.12. The van der Waals surface area contributed by atoms with E-state index < -0.39 is 0 Å². The molecule has 0 amide bonds. The second-order valence-corrected chi connectivity index (χ2v) is 4.89. The van der Waals surface area contributed by atoms with Crippen LogP contribution < -0.4 is 0 Å². The van der Waals surface area contributed by atoms with Gasteiger partial charge in [-0.3, -0.25) is 0 Å². The highest BCUT2D eigenvalue weighted by molar-refractivity contribution is 7.99. The summed E-state index contributed by atoms with van der Waals surface area (Å²) >= 11 is 1.67. The molecule has 0 aliphatic heterocycles. The van der Waals surface area contributed by atoms with E-state index in [1.54, 1.807) is 18.7 Å². The van der Waals surface area contributed by atoms with E-state index in [0.29, 0.717) is 0 Å². The number of benzene rings is 1. The molecule has 15 heavy (non-hydrogen) atoms. The largest absolute Gasteiger partial charge is 0.392 e. The second kappa shape index (κ2) is 5.79. The maximum atomic E-state index is 9.34. The number of hydrogen-bond acceptors (Lipinski definition) is 3. The van der Waals surface area contributed by atoms with Gasteiger partial charge in [-0.2, -0.15) is 17.0 Å². The van der Waals surface area contributed by atoms with Crippen LogP contribution in [0.2, 0.25) is 0 Å². The summed E-state index contributed by atoms with van der Waals surface area (Å²) in [6.07, 6.45) is -0.316. The predicted octanol–water partition coefficient (Wildman–Crippen LogP) is 2.56. The first-order valence-corrected chi connectivity index (χ1v) is 5.97. The van der Waals surface area contributed by atoms with Crippen LogP contribution in [0, 0.1) is 11.3 Å². The molecule has 0 aliphatic carbocycles. The average molecular weight is 221 g/mol. The van der Waals surface area contributed by atoms with Crippen LogP contribution in [-0.2, 0) is 5.75 Å². The summed E-state index contributed by atoms with van der Waals surface area (Å²) in [7, 11) is 0. The van der Waals surface area contributed by atoms with Crippen molar-refractivity contribution in [3.63, 3.8) is 0 Å². The summed E-state index contributed by atoms with van der Waals surface area (Å²) in [5.41, 5.74) is 1.76. The Kier molecular flexibility index (Phi) is 4.67. The molecule has 3 heteroatoms. The van der Waals surface area contributed by atoms with Crippen molar-refractivity contribution in [1.29, 1.82) is 5.26 Å². The van der Waals surface area contributed by atoms with E-state index in [1.807, 2.05) is 31.2 Å². The van der Waals surface area contributed by atoms with Gasteiger partial charge in [0.25, 0.3) is 0 Å². The third kappa shape index (κ3) is 3.58. The van der Waals surface area contributed by atoms with Gasteiger partial charge in [0.15, 0.2) is 0 Å². The molecular weight excluding hydrogens is 206 g/mol. The van der Waals surface area contributed by atoms with Crippen molar-refractivity contribution in [3.8, 4) is 6.07 Å². The molecular formula is C12H15NOS. The minimum Gasteiger partial charge on any atom is -0.392 e. The summed E-state index contributed by atoms with van der Waals surface area (Å²) < 4.78 is 0. The van der Waals surface area contributed by atoms with Gasteiger partial charge in [0.05, 0.1) is 17.7 Å². The third-order valence-corrected chi connectivity index (χ3v) is 3.72. The minimum absolute atomic E-state index is 0.191. The monoisotopic (exact) mass is 221 g/mol. The summed E-state index contributed by atoms with van der Waals surface area (Å²) in [5, 5.41) is 18.4. The second-order valence-electron chi connectivity index (χ2n) is 3.53. The van der Waals surface area contributed by atoms with E-state index in [4.69, 9.17) is 5.26 Å². The molecule has 2 atom stereocenters. The van der Waals surface area contributed by atoms with Crippen molar-refractivity contribution in [1.82, 2.24) is 0 Å². The van der Waals surface area contributed by atoms with Gasteiger partial charge in [-0.25, -0.2) is 0 Å². The van der Waals surface area contributed by atoms with Crippen molar-refractivity contribution in [2.75, 3.05) is 0 Å². The highest BCUT2D eigenvalue weighted by atomic mass is 32.2. The Morgan fingerprint density at radius 3 is 2.67 bits per heavy atom. The zero-order valence-corrected chi connectivity index (χ0v) is 9.79. The number of hydrogen-bond donors (Lipinski definition) is 1. The van der Waals surface area contributed by atoms with E-state index in [0.717, 1.165) is 16.9 Å². The van der Waals surface area contributed by atoms with Gasteiger partial charge in [0, 0.05) is 11.0 Å². The topological polar surface area (TPSA) is 44.0 Å². The van der Waals surface area contributed by atoms with E-state index in [1.165, 1.54) is 0 Å². The van der Waals surface area contributed by atoms with Gasteiger partial charge < -0.3 is 5.11 Å². The number of aliphatic hydroxyl groups excluding tert-OH is 1. The van der Waals surface area contributed by atoms with Crippen LogP contribution in [0.4, 0.5) is 0 Å². The lowest BCUT2D eigenvalue weighted by molar-refractivity contribution is 0.196. The predicted molar refractivity (Wildman–Crippen MR) is 63.6 cm³/mol. The van der Waals surface area contributed by atoms with Crippen molar-refractivity contribution in [3.05, 3.63) is 35.4 Å². The quantitative estimate of drug-likeness (QED) is 0.849. The molecule has 0 aromatic heterocycles. The van der Waals surface area contributed by atoms with Gasteiger partial charge >= 0.3 is 0 Å². The molecule has 0 saturated heterocycles. The molecule has 1 N–H and O–H groups in total. The van der Waals surface area contributed by atoms with E-state index in [9.17, 15) is 5.11 Å². The SMILES string of the molecule is C[C@@H](O)[C@@H](C)SCc1ccccc1C#N. The van der Waals surface area contributed by atoms with Crippen LogP contribution in [0.25, 0.3) is 0 Å². The molecule has 0 heterocycles. The number of rotatable bonds is 4. The fourth-order valence-corrected chi connectivity index (χ4v) is 2.09. The van der Waals surface area contributed by atoms with Crippen molar-refractivity contribution < 1.29 is 5.11 Å². The first-order valence-electron chi connectivity index (χ1n) is 4.93. The normalized spacial score (nSPS) is 14.3. The highest BCUT2D eigenvalue weighted by Gasteiger charge is 2.10. The lowest BCUT2D eigenvalue weighted by Crippen LogP contribution is -2.15. The van der Waals surface area contributed by atoms with Gasteiger partial charge in [0.1, 0.15) is 0 Å². The first-order chi connectivity index (χ1) is 7.15. The van der Waals surface area contributed by atoms with Crippen LogP contribution >= 0.6 is 11.8 Å². The molecule has 0 bridgehead atoms. The Hall–Kier alpha value is -0.980. The summed E-state index contributed by atoms with van der Waals surface area (Å²) in [5.74, 6) is 0.774. The van der Waals surface area contributed by atoms with Gasteiger partial charge in [-0.15, -0.1) is 0 Å². The third-order valence-electron chi connectivity index (χ3n) is 2.32. The van der Waals surface area contributed by atoms with Crippen LogP contribution in [0.5, 0.6) is 0 Å². The highest BCUT2D eigenvalue weighted by Crippen LogP contribution is 2.21. The summed E-state index contributed by atoms with van der Waals surface area (Å²) in [4.78, 5) is 0. The van der Waals surface area contributed by atoms with Gasteiger partial charge in [-0.05, 0) is 18.6 Å². The molecule has 1 aromatic rings. The summed E-state index contributed by atoms with van der Waals surface area (Å²) in [6, 6.07) is 9.75. The van der Waals surface area contributed by atoms with Crippen LogP contribution in [0.3, 0.4) is 0 Å².